The second kappa shape index (κ2) is 8.71. The van der Waals surface area contributed by atoms with Crippen LogP contribution in [0.4, 0.5) is 16.0 Å². The van der Waals surface area contributed by atoms with Crippen LogP contribution in [0.15, 0.2) is 24.5 Å². The van der Waals surface area contributed by atoms with E-state index in [1.807, 2.05) is 35.0 Å². The summed E-state index contributed by atoms with van der Waals surface area (Å²) in [5, 5.41) is 19.2. The highest BCUT2D eigenvalue weighted by Crippen LogP contribution is 2.43. The van der Waals surface area contributed by atoms with Crippen molar-refractivity contribution in [2.75, 3.05) is 31.6 Å². The number of alkyl halides is 1. The van der Waals surface area contributed by atoms with E-state index in [0.29, 0.717) is 43.1 Å². The van der Waals surface area contributed by atoms with Crippen LogP contribution in [0.5, 0.6) is 0 Å². The lowest BCUT2D eigenvalue weighted by molar-refractivity contribution is 0.0353. The summed E-state index contributed by atoms with van der Waals surface area (Å²) in [6.07, 6.45) is 4.86. The predicted molar refractivity (Wildman–Crippen MR) is 127 cm³/mol. The molecule has 2 saturated heterocycles. The number of likely N-dealkylation sites (tertiary alicyclic amines) is 1. The van der Waals surface area contributed by atoms with Crippen molar-refractivity contribution in [2.24, 2.45) is 7.05 Å². The molecule has 1 saturated carbocycles. The van der Waals surface area contributed by atoms with E-state index in [9.17, 15) is 5.11 Å². The van der Waals surface area contributed by atoms with E-state index in [1.54, 1.807) is 6.20 Å². The van der Waals surface area contributed by atoms with Crippen LogP contribution in [0, 0.1) is 0 Å². The molecule has 180 valence electrons. The maximum atomic E-state index is 15.4. The summed E-state index contributed by atoms with van der Waals surface area (Å²) in [5.41, 5.74) is 3.59. The second-order valence-electron chi connectivity index (χ2n) is 9.67. The van der Waals surface area contributed by atoms with Crippen LogP contribution in [-0.2, 0) is 11.8 Å². The highest BCUT2D eigenvalue weighted by atomic mass is 35.5. The molecule has 2 N–H and O–H groups in total. The molecular formula is C24H28ClFN6O2. The van der Waals surface area contributed by atoms with Crippen LogP contribution in [-0.4, -0.2) is 74.4 Å². The summed E-state index contributed by atoms with van der Waals surface area (Å²) in [7, 11) is 1.95. The van der Waals surface area contributed by atoms with Crippen LogP contribution in [0.25, 0.3) is 10.9 Å². The highest BCUT2D eigenvalue weighted by molar-refractivity contribution is 6.32. The third-order valence-electron chi connectivity index (χ3n) is 7.36. The van der Waals surface area contributed by atoms with Crippen molar-refractivity contribution in [3.8, 4) is 0 Å². The predicted octanol–water partition coefficient (Wildman–Crippen LogP) is 3.52. The molecule has 0 spiro atoms. The lowest BCUT2D eigenvalue weighted by Crippen LogP contribution is -2.50. The number of piperidine rings is 1. The Kier molecular flexibility index (Phi) is 5.68. The molecule has 1 aliphatic carbocycles. The minimum absolute atomic E-state index is 0.138. The molecule has 3 fully saturated rings. The standard InChI is InChI=1S/C24H28ClFN6O2/c1-31-23(13-2-3-13)20(9-28-31)30-24-27-8-14-6-17(25)16(7-19(14)29-24)15-4-5-32(10-18(15)26)21-11-34-12-22(21)33/h6-9,13,15,18,21-22,33H,2-5,10-12H2,1H3,(H,27,29,30)/t15?,18?,21-,22?/m1/s1. The van der Waals surface area contributed by atoms with E-state index in [2.05, 4.69) is 15.4 Å². The van der Waals surface area contributed by atoms with Crippen molar-refractivity contribution in [1.82, 2.24) is 24.6 Å². The third kappa shape index (κ3) is 4.04. The Morgan fingerprint density at radius 2 is 2.06 bits per heavy atom. The quantitative estimate of drug-likeness (QED) is 0.570. The number of aryl methyl sites for hydroxylation is 1. The first-order chi connectivity index (χ1) is 16.5. The van der Waals surface area contributed by atoms with Crippen LogP contribution in [0.3, 0.4) is 0 Å². The van der Waals surface area contributed by atoms with Gasteiger partial charge in [0, 0.05) is 42.0 Å². The Bertz CT molecular complexity index is 1220. The highest BCUT2D eigenvalue weighted by Gasteiger charge is 2.39. The largest absolute Gasteiger partial charge is 0.389 e. The molecule has 0 amide bonds. The van der Waals surface area contributed by atoms with Gasteiger partial charge in [-0.3, -0.25) is 9.58 Å². The van der Waals surface area contributed by atoms with Gasteiger partial charge in [-0.1, -0.05) is 11.6 Å². The molecular weight excluding hydrogens is 459 g/mol. The van der Waals surface area contributed by atoms with Gasteiger partial charge in [0.05, 0.1) is 48.5 Å². The first-order valence-electron chi connectivity index (χ1n) is 11.9. The molecule has 3 unspecified atom stereocenters. The molecule has 6 rings (SSSR count). The average Bonchev–Trinajstić information content (AvgIpc) is 3.45. The Labute approximate surface area is 202 Å². The zero-order valence-corrected chi connectivity index (χ0v) is 19.7. The van der Waals surface area contributed by atoms with Gasteiger partial charge in [0.1, 0.15) is 6.17 Å². The number of ether oxygens (including phenoxy) is 1. The summed E-state index contributed by atoms with van der Waals surface area (Å²) < 4.78 is 22.6. The summed E-state index contributed by atoms with van der Waals surface area (Å²) in [4.78, 5) is 11.2. The van der Waals surface area contributed by atoms with Crippen molar-refractivity contribution in [3.63, 3.8) is 0 Å². The smallest absolute Gasteiger partial charge is 0.227 e. The van der Waals surface area contributed by atoms with E-state index in [4.69, 9.17) is 21.3 Å². The number of aliphatic hydroxyl groups is 1. The first kappa shape index (κ1) is 22.2. The Morgan fingerprint density at radius 1 is 1.21 bits per heavy atom. The van der Waals surface area contributed by atoms with Gasteiger partial charge in [-0.2, -0.15) is 5.10 Å². The van der Waals surface area contributed by atoms with E-state index >= 15 is 4.39 Å². The summed E-state index contributed by atoms with van der Waals surface area (Å²) in [5.74, 6) is 0.696. The second-order valence-corrected chi connectivity index (χ2v) is 10.1. The van der Waals surface area contributed by atoms with Gasteiger partial charge >= 0.3 is 0 Å². The van der Waals surface area contributed by atoms with Gasteiger partial charge in [0.15, 0.2) is 0 Å². The molecule has 3 aromatic rings. The Hall–Kier alpha value is -2.33. The molecule has 4 atom stereocenters. The fraction of sp³-hybridized carbons (Fsp3) is 0.542. The van der Waals surface area contributed by atoms with Crippen LogP contribution >= 0.6 is 11.6 Å². The van der Waals surface area contributed by atoms with E-state index < -0.39 is 12.3 Å². The molecule has 2 aliphatic heterocycles. The number of anilines is 2. The fourth-order valence-electron chi connectivity index (χ4n) is 5.38. The maximum Gasteiger partial charge on any atom is 0.227 e. The molecule has 3 aliphatic rings. The molecule has 34 heavy (non-hydrogen) atoms. The van der Waals surface area contributed by atoms with Gasteiger partial charge in [-0.25, -0.2) is 14.4 Å². The fourth-order valence-corrected chi connectivity index (χ4v) is 5.69. The molecule has 4 heterocycles. The van der Waals surface area contributed by atoms with Crippen molar-refractivity contribution >= 4 is 34.1 Å². The average molecular weight is 487 g/mol. The number of hydrogen-bond acceptors (Lipinski definition) is 7. The number of aromatic nitrogens is 4. The van der Waals surface area contributed by atoms with Crippen LogP contribution < -0.4 is 5.32 Å². The van der Waals surface area contributed by atoms with Crippen LogP contribution in [0.1, 0.15) is 42.4 Å². The van der Waals surface area contributed by atoms with E-state index in [-0.39, 0.29) is 18.5 Å². The lowest BCUT2D eigenvalue weighted by atomic mass is 9.86. The zero-order chi connectivity index (χ0) is 23.4. The Balaban J connectivity index is 1.24. The van der Waals surface area contributed by atoms with Gasteiger partial charge < -0.3 is 15.2 Å². The number of rotatable bonds is 5. The van der Waals surface area contributed by atoms with Gasteiger partial charge in [-0.15, -0.1) is 0 Å². The Morgan fingerprint density at radius 3 is 2.79 bits per heavy atom. The zero-order valence-electron chi connectivity index (χ0n) is 19.0. The van der Waals surface area contributed by atoms with Gasteiger partial charge in [-0.05, 0) is 43.5 Å². The first-order valence-corrected chi connectivity index (χ1v) is 12.2. The summed E-state index contributed by atoms with van der Waals surface area (Å²) in [6.45, 7) is 1.70. The van der Waals surface area contributed by atoms with Crippen molar-refractivity contribution in [3.05, 3.63) is 40.8 Å². The number of nitrogens with one attached hydrogen (secondary N) is 1. The minimum Gasteiger partial charge on any atom is -0.389 e. The number of aliphatic hydroxyl groups excluding tert-OH is 1. The monoisotopic (exact) mass is 486 g/mol. The summed E-state index contributed by atoms with van der Waals surface area (Å²) >= 11 is 6.60. The van der Waals surface area contributed by atoms with Gasteiger partial charge in [0.2, 0.25) is 5.95 Å². The van der Waals surface area contributed by atoms with E-state index in [1.165, 1.54) is 18.5 Å². The third-order valence-corrected chi connectivity index (χ3v) is 7.68. The molecule has 10 heteroatoms. The number of halogens is 2. The van der Waals surface area contributed by atoms with Gasteiger partial charge in [0.25, 0.3) is 0 Å². The van der Waals surface area contributed by atoms with Crippen LogP contribution in [0.2, 0.25) is 5.02 Å². The topological polar surface area (TPSA) is 88.3 Å². The molecule has 8 nitrogen and oxygen atoms in total. The summed E-state index contributed by atoms with van der Waals surface area (Å²) in [6, 6.07) is 3.58. The number of fused-ring (bicyclic) bond motifs is 1. The molecule has 2 aromatic heterocycles. The number of hydrogen-bond donors (Lipinski definition) is 2. The van der Waals surface area contributed by atoms with Crippen molar-refractivity contribution < 1.29 is 14.2 Å². The molecule has 1 aromatic carbocycles. The normalized spacial score (nSPS) is 28.0. The number of nitrogens with zero attached hydrogens (tertiary/aromatic N) is 5. The van der Waals surface area contributed by atoms with Crippen molar-refractivity contribution in [2.45, 2.75) is 49.4 Å². The molecule has 0 radical (unpaired) electrons. The molecule has 0 bridgehead atoms. The number of benzene rings is 1. The lowest BCUT2D eigenvalue weighted by Gasteiger charge is -2.39. The minimum atomic E-state index is -1.09. The van der Waals surface area contributed by atoms with E-state index in [0.717, 1.165) is 22.2 Å². The maximum absolute atomic E-state index is 15.4. The van der Waals surface area contributed by atoms with Crippen molar-refractivity contribution in [1.29, 1.82) is 0 Å². The SMILES string of the molecule is Cn1ncc(Nc2ncc3cc(Cl)c(C4CCN([C@@H]5COCC5O)CC4F)cc3n2)c1C1CC1.